The molecule has 3 N–H and O–H groups in total. The van der Waals surface area contributed by atoms with Gasteiger partial charge in [0.1, 0.15) is 6.33 Å². The summed E-state index contributed by atoms with van der Waals surface area (Å²) in [6.07, 6.45) is 4.85. The average Bonchev–Trinajstić information content (AvgIpc) is 2.63. The summed E-state index contributed by atoms with van der Waals surface area (Å²) in [5.74, 6) is 5.54. The average molecular weight is 284 g/mol. The number of rotatable bonds is 3. The summed E-state index contributed by atoms with van der Waals surface area (Å²) in [4.78, 5) is 7.90. The third-order valence-corrected chi connectivity index (χ3v) is 2.75. The van der Waals surface area contributed by atoms with Gasteiger partial charge in [0.15, 0.2) is 4.60 Å². The minimum absolute atomic E-state index is 0.254. The molecule has 0 saturated carbocycles. The van der Waals surface area contributed by atoms with E-state index in [4.69, 9.17) is 5.84 Å². The van der Waals surface area contributed by atoms with E-state index in [-0.39, 0.29) is 6.04 Å². The first kappa shape index (κ1) is 11.1. The van der Waals surface area contributed by atoms with Crippen LogP contribution in [-0.2, 0) is 7.05 Å². The molecule has 8 heteroatoms. The molecule has 2 heterocycles. The Bertz CT molecular complexity index is 449. The molecular formula is C8H10BrN7. The lowest BCUT2D eigenvalue weighted by Crippen LogP contribution is -2.30. The second-order valence-electron chi connectivity index (χ2n) is 3.16. The Morgan fingerprint density at radius 1 is 1.44 bits per heavy atom. The fourth-order valence-electron chi connectivity index (χ4n) is 1.44. The van der Waals surface area contributed by atoms with E-state index in [1.54, 1.807) is 24.1 Å². The first-order valence-corrected chi connectivity index (χ1v) is 5.29. The van der Waals surface area contributed by atoms with Gasteiger partial charge < -0.3 is 0 Å². The van der Waals surface area contributed by atoms with E-state index in [0.29, 0.717) is 4.60 Å². The van der Waals surface area contributed by atoms with Crippen molar-refractivity contribution in [1.29, 1.82) is 0 Å². The maximum absolute atomic E-state index is 5.54. The number of halogens is 1. The first-order valence-electron chi connectivity index (χ1n) is 4.50. The number of nitrogens with one attached hydrogen (secondary N) is 1. The second kappa shape index (κ2) is 4.64. The number of hydrazine groups is 1. The standard InChI is InChI=1S/C8H10BrN7/c1-16-7(8(9)14-15-16)6(13-10)5-2-11-4-12-3-5/h2-4,6,13H,10H2,1H3. The lowest BCUT2D eigenvalue weighted by atomic mass is 10.1. The van der Waals surface area contributed by atoms with Crippen LogP contribution in [0.2, 0.25) is 0 Å². The number of nitrogens with two attached hydrogens (primary N) is 1. The summed E-state index contributed by atoms with van der Waals surface area (Å²) in [6.45, 7) is 0. The van der Waals surface area contributed by atoms with Crippen LogP contribution in [0.1, 0.15) is 17.3 Å². The van der Waals surface area contributed by atoms with Gasteiger partial charge in [-0.05, 0) is 15.9 Å². The highest BCUT2D eigenvalue weighted by Gasteiger charge is 2.21. The van der Waals surface area contributed by atoms with Gasteiger partial charge in [-0.15, -0.1) is 5.10 Å². The van der Waals surface area contributed by atoms with Crippen LogP contribution in [0.15, 0.2) is 23.3 Å². The van der Waals surface area contributed by atoms with Crippen molar-refractivity contribution in [1.82, 2.24) is 30.4 Å². The molecule has 0 saturated heterocycles. The predicted molar refractivity (Wildman–Crippen MR) is 59.9 cm³/mol. The molecule has 0 fully saturated rings. The molecule has 2 aromatic rings. The van der Waals surface area contributed by atoms with Crippen molar-refractivity contribution >= 4 is 15.9 Å². The maximum Gasteiger partial charge on any atom is 0.153 e. The minimum Gasteiger partial charge on any atom is -0.271 e. The number of aromatic nitrogens is 5. The highest BCUT2D eigenvalue weighted by molar-refractivity contribution is 9.10. The van der Waals surface area contributed by atoms with E-state index in [1.807, 2.05) is 0 Å². The SMILES string of the molecule is Cn1nnc(Br)c1C(NN)c1cncnc1. The predicted octanol–water partition coefficient (Wildman–Crippen LogP) is -0.0797. The number of hydrogen-bond donors (Lipinski definition) is 2. The minimum atomic E-state index is -0.254. The van der Waals surface area contributed by atoms with Gasteiger partial charge in [0.2, 0.25) is 0 Å². The van der Waals surface area contributed by atoms with Gasteiger partial charge in [-0.25, -0.2) is 20.1 Å². The van der Waals surface area contributed by atoms with Gasteiger partial charge in [0.05, 0.1) is 11.7 Å². The molecule has 0 aliphatic heterocycles. The highest BCUT2D eigenvalue weighted by atomic mass is 79.9. The molecule has 0 aliphatic carbocycles. The molecule has 0 spiro atoms. The third kappa shape index (κ3) is 1.94. The fraction of sp³-hybridized carbons (Fsp3) is 0.250. The van der Waals surface area contributed by atoms with Gasteiger partial charge in [0, 0.05) is 25.0 Å². The Hall–Kier alpha value is -1.38. The summed E-state index contributed by atoms with van der Waals surface area (Å²) in [6, 6.07) is -0.254. The van der Waals surface area contributed by atoms with Crippen molar-refractivity contribution < 1.29 is 0 Å². The van der Waals surface area contributed by atoms with Crippen molar-refractivity contribution in [2.75, 3.05) is 0 Å². The van der Waals surface area contributed by atoms with Crippen molar-refractivity contribution in [2.24, 2.45) is 12.9 Å². The molecule has 0 aromatic carbocycles. The molecule has 2 aromatic heterocycles. The smallest absolute Gasteiger partial charge is 0.153 e. The van der Waals surface area contributed by atoms with E-state index in [0.717, 1.165) is 11.3 Å². The molecular weight excluding hydrogens is 274 g/mol. The summed E-state index contributed by atoms with van der Waals surface area (Å²) in [5, 5.41) is 7.80. The number of hydrogen-bond acceptors (Lipinski definition) is 6. The molecule has 16 heavy (non-hydrogen) atoms. The lowest BCUT2D eigenvalue weighted by molar-refractivity contribution is 0.566. The molecule has 0 aliphatic rings. The maximum atomic E-state index is 5.54. The zero-order chi connectivity index (χ0) is 11.5. The molecule has 2 rings (SSSR count). The molecule has 84 valence electrons. The van der Waals surface area contributed by atoms with Crippen LogP contribution in [0.25, 0.3) is 0 Å². The third-order valence-electron chi connectivity index (χ3n) is 2.18. The molecule has 0 radical (unpaired) electrons. The molecule has 1 unspecified atom stereocenters. The quantitative estimate of drug-likeness (QED) is 0.604. The molecule has 1 atom stereocenters. The highest BCUT2D eigenvalue weighted by Crippen LogP contribution is 2.24. The summed E-state index contributed by atoms with van der Waals surface area (Å²) < 4.78 is 2.28. The second-order valence-corrected chi connectivity index (χ2v) is 3.91. The fourth-order valence-corrected chi connectivity index (χ4v) is 1.99. The van der Waals surface area contributed by atoms with Crippen LogP contribution in [0.3, 0.4) is 0 Å². The molecule has 0 amide bonds. The lowest BCUT2D eigenvalue weighted by Gasteiger charge is -2.15. The van der Waals surface area contributed by atoms with Crippen LogP contribution in [-0.4, -0.2) is 25.0 Å². The van der Waals surface area contributed by atoms with Crippen LogP contribution in [0, 0.1) is 0 Å². The summed E-state index contributed by atoms with van der Waals surface area (Å²) in [5.41, 5.74) is 4.35. The summed E-state index contributed by atoms with van der Waals surface area (Å²) >= 11 is 3.33. The number of nitrogens with zero attached hydrogens (tertiary/aromatic N) is 5. The van der Waals surface area contributed by atoms with Gasteiger partial charge in [0.25, 0.3) is 0 Å². The van der Waals surface area contributed by atoms with Gasteiger partial charge in [-0.3, -0.25) is 5.84 Å². The van der Waals surface area contributed by atoms with E-state index in [2.05, 4.69) is 41.6 Å². The first-order chi connectivity index (χ1) is 7.74. The van der Waals surface area contributed by atoms with Crippen molar-refractivity contribution in [3.63, 3.8) is 0 Å². The Kier molecular flexibility index (Phi) is 3.22. The van der Waals surface area contributed by atoms with Crippen LogP contribution >= 0.6 is 15.9 Å². The van der Waals surface area contributed by atoms with Crippen molar-refractivity contribution in [3.05, 3.63) is 34.6 Å². The summed E-state index contributed by atoms with van der Waals surface area (Å²) in [7, 11) is 1.79. The zero-order valence-corrected chi connectivity index (χ0v) is 10.1. The largest absolute Gasteiger partial charge is 0.271 e. The Morgan fingerprint density at radius 3 is 2.62 bits per heavy atom. The van der Waals surface area contributed by atoms with Crippen LogP contribution < -0.4 is 11.3 Å². The van der Waals surface area contributed by atoms with E-state index < -0.39 is 0 Å². The topological polar surface area (TPSA) is 94.5 Å². The van der Waals surface area contributed by atoms with E-state index in [9.17, 15) is 0 Å². The zero-order valence-electron chi connectivity index (χ0n) is 8.50. The van der Waals surface area contributed by atoms with Gasteiger partial charge in [-0.1, -0.05) is 5.21 Å². The van der Waals surface area contributed by atoms with Crippen molar-refractivity contribution in [3.8, 4) is 0 Å². The van der Waals surface area contributed by atoms with E-state index in [1.165, 1.54) is 6.33 Å². The Balaban J connectivity index is 2.45. The molecule has 0 bridgehead atoms. The normalized spacial score (nSPS) is 12.7. The van der Waals surface area contributed by atoms with Crippen molar-refractivity contribution in [2.45, 2.75) is 6.04 Å². The van der Waals surface area contributed by atoms with Gasteiger partial charge in [-0.2, -0.15) is 0 Å². The van der Waals surface area contributed by atoms with Gasteiger partial charge >= 0.3 is 0 Å². The molecule has 7 nitrogen and oxygen atoms in total. The van der Waals surface area contributed by atoms with Crippen LogP contribution in [0.5, 0.6) is 0 Å². The Morgan fingerprint density at radius 2 is 2.12 bits per heavy atom. The van der Waals surface area contributed by atoms with Crippen LogP contribution in [0.4, 0.5) is 0 Å². The van der Waals surface area contributed by atoms with E-state index >= 15 is 0 Å². The monoisotopic (exact) mass is 283 g/mol. The Labute approximate surface area is 100 Å². The number of aryl methyl sites for hydroxylation is 1.